The molecule has 0 aliphatic rings. The van der Waals surface area contributed by atoms with E-state index < -0.39 is 0 Å². The molecule has 0 fully saturated rings. The molecule has 3 nitrogen and oxygen atoms in total. The van der Waals surface area contributed by atoms with Crippen LogP contribution in [0.15, 0.2) is 12.2 Å². The molecule has 0 radical (unpaired) electrons. The third-order valence-electron chi connectivity index (χ3n) is 2.24. The van der Waals surface area contributed by atoms with Crippen molar-refractivity contribution in [1.82, 2.24) is 4.90 Å². The molecule has 0 aliphatic heterocycles. The molecule has 0 rings (SSSR count). The zero-order chi connectivity index (χ0) is 12.2. The Kier molecular flexibility index (Phi) is 10.1. The summed E-state index contributed by atoms with van der Waals surface area (Å²) in [7, 11) is 0. The van der Waals surface area contributed by atoms with Crippen molar-refractivity contribution in [2.75, 3.05) is 26.2 Å². The molecule has 3 heteroatoms. The number of ether oxygens (including phenoxy) is 1. The van der Waals surface area contributed by atoms with E-state index >= 15 is 0 Å². The molecular weight excluding hydrogens is 202 g/mol. The van der Waals surface area contributed by atoms with Crippen LogP contribution in [0.1, 0.15) is 40.0 Å². The van der Waals surface area contributed by atoms with Crippen molar-refractivity contribution < 1.29 is 9.53 Å². The molecular formula is C13H25NO2. The molecule has 0 unspecified atom stereocenters. The van der Waals surface area contributed by atoms with E-state index in [-0.39, 0.29) is 5.97 Å². The molecule has 0 bridgehead atoms. The van der Waals surface area contributed by atoms with Gasteiger partial charge in [-0.15, -0.1) is 0 Å². The van der Waals surface area contributed by atoms with Crippen LogP contribution in [0.2, 0.25) is 0 Å². The van der Waals surface area contributed by atoms with Gasteiger partial charge in [-0.2, -0.15) is 0 Å². The Labute approximate surface area is 99.5 Å². The third-order valence-corrected chi connectivity index (χ3v) is 2.24. The average molecular weight is 227 g/mol. The zero-order valence-corrected chi connectivity index (χ0v) is 10.9. The van der Waals surface area contributed by atoms with E-state index in [4.69, 9.17) is 4.74 Å². The van der Waals surface area contributed by atoms with Crippen LogP contribution in [-0.4, -0.2) is 37.1 Å². The third kappa shape index (κ3) is 9.71. The molecule has 0 saturated carbocycles. The van der Waals surface area contributed by atoms with Crippen molar-refractivity contribution in [3.8, 4) is 0 Å². The largest absolute Gasteiger partial charge is 0.462 e. The van der Waals surface area contributed by atoms with Gasteiger partial charge in [-0.25, -0.2) is 0 Å². The highest BCUT2D eigenvalue weighted by Gasteiger charge is 1.99. The highest BCUT2D eigenvalue weighted by Crippen LogP contribution is 1.97. The van der Waals surface area contributed by atoms with Crippen LogP contribution in [-0.2, 0) is 9.53 Å². The van der Waals surface area contributed by atoms with Crippen molar-refractivity contribution in [2.24, 2.45) is 0 Å². The van der Waals surface area contributed by atoms with Gasteiger partial charge in [0, 0.05) is 13.5 Å². The highest BCUT2D eigenvalue weighted by molar-refractivity contribution is 5.65. The molecule has 0 aromatic carbocycles. The van der Waals surface area contributed by atoms with Gasteiger partial charge in [0.05, 0.1) is 0 Å². The molecule has 0 saturated heterocycles. The molecule has 0 aromatic heterocycles. The van der Waals surface area contributed by atoms with Crippen LogP contribution in [0.5, 0.6) is 0 Å². The van der Waals surface area contributed by atoms with Crippen molar-refractivity contribution in [1.29, 1.82) is 0 Å². The number of esters is 1. The fourth-order valence-corrected chi connectivity index (χ4v) is 1.58. The van der Waals surface area contributed by atoms with Gasteiger partial charge in [0.2, 0.25) is 0 Å². The molecule has 0 heterocycles. The summed E-state index contributed by atoms with van der Waals surface area (Å²) in [6.07, 6.45) is 7.44. The Morgan fingerprint density at radius 2 is 1.75 bits per heavy atom. The van der Waals surface area contributed by atoms with Crippen LogP contribution in [0.25, 0.3) is 0 Å². The van der Waals surface area contributed by atoms with Crippen LogP contribution >= 0.6 is 0 Å². The minimum Gasteiger partial charge on any atom is -0.462 e. The van der Waals surface area contributed by atoms with Crippen LogP contribution in [0.3, 0.4) is 0 Å². The number of hydrogen-bond donors (Lipinski definition) is 0. The second-order valence-electron chi connectivity index (χ2n) is 3.90. The van der Waals surface area contributed by atoms with Gasteiger partial charge in [0.25, 0.3) is 0 Å². The summed E-state index contributed by atoms with van der Waals surface area (Å²) >= 11 is 0. The maximum absolute atomic E-state index is 10.5. The minimum absolute atomic E-state index is 0.219. The Balaban J connectivity index is 3.55. The highest BCUT2D eigenvalue weighted by atomic mass is 16.5. The monoisotopic (exact) mass is 227 g/mol. The van der Waals surface area contributed by atoms with Gasteiger partial charge >= 0.3 is 5.97 Å². The maximum Gasteiger partial charge on any atom is 0.302 e. The SMILES string of the molecule is CCCN(CCC)CC/C=C/COC(C)=O. The Morgan fingerprint density at radius 3 is 2.25 bits per heavy atom. The van der Waals surface area contributed by atoms with Gasteiger partial charge in [-0.1, -0.05) is 26.0 Å². The first-order chi connectivity index (χ1) is 7.70. The number of hydrogen-bond acceptors (Lipinski definition) is 3. The summed E-state index contributed by atoms with van der Waals surface area (Å²) in [5, 5.41) is 0. The van der Waals surface area contributed by atoms with E-state index in [1.165, 1.54) is 32.9 Å². The smallest absolute Gasteiger partial charge is 0.302 e. The Hall–Kier alpha value is -0.830. The first-order valence-electron chi connectivity index (χ1n) is 6.21. The predicted molar refractivity (Wildman–Crippen MR) is 67.4 cm³/mol. The first kappa shape index (κ1) is 15.2. The van der Waals surface area contributed by atoms with Gasteiger partial charge in [0.15, 0.2) is 0 Å². The standard InChI is InChI=1S/C13H25NO2/c1-4-9-14(10-5-2)11-7-6-8-12-16-13(3)15/h6,8H,4-5,7,9-12H2,1-3H3/b8-6+. The van der Waals surface area contributed by atoms with E-state index in [1.54, 1.807) is 0 Å². The van der Waals surface area contributed by atoms with Crippen molar-refractivity contribution in [3.05, 3.63) is 12.2 Å². The Bertz CT molecular complexity index is 196. The summed E-state index contributed by atoms with van der Waals surface area (Å²) in [4.78, 5) is 13.0. The summed E-state index contributed by atoms with van der Waals surface area (Å²) in [6, 6.07) is 0. The lowest BCUT2D eigenvalue weighted by molar-refractivity contribution is -0.139. The zero-order valence-electron chi connectivity index (χ0n) is 10.9. The fraction of sp³-hybridized carbons (Fsp3) is 0.769. The van der Waals surface area contributed by atoms with E-state index in [9.17, 15) is 4.79 Å². The summed E-state index contributed by atoms with van der Waals surface area (Å²) < 4.78 is 4.80. The predicted octanol–water partition coefficient (Wildman–Crippen LogP) is 2.62. The maximum atomic E-state index is 10.5. The summed E-state index contributed by atoms with van der Waals surface area (Å²) in [6.45, 7) is 9.68. The molecule has 16 heavy (non-hydrogen) atoms. The van der Waals surface area contributed by atoms with E-state index in [1.807, 2.05) is 6.08 Å². The second-order valence-corrected chi connectivity index (χ2v) is 3.90. The van der Waals surface area contributed by atoms with E-state index in [0.29, 0.717) is 6.61 Å². The van der Waals surface area contributed by atoms with Gasteiger partial charge in [-0.3, -0.25) is 4.79 Å². The summed E-state index contributed by atoms with van der Waals surface area (Å²) in [5.41, 5.74) is 0. The average Bonchev–Trinajstić information content (AvgIpc) is 2.23. The van der Waals surface area contributed by atoms with Gasteiger partial charge < -0.3 is 9.64 Å². The molecule has 0 aromatic rings. The Morgan fingerprint density at radius 1 is 1.12 bits per heavy atom. The number of rotatable bonds is 9. The van der Waals surface area contributed by atoms with E-state index in [2.05, 4.69) is 24.8 Å². The first-order valence-corrected chi connectivity index (χ1v) is 6.21. The van der Waals surface area contributed by atoms with Crippen LogP contribution in [0, 0.1) is 0 Å². The summed E-state index contributed by atoms with van der Waals surface area (Å²) in [5.74, 6) is -0.219. The topological polar surface area (TPSA) is 29.5 Å². The van der Waals surface area contributed by atoms with Gasteiger partial charge in [-0.05, 0) is 32.4 Å². The molecule has 0 N–H and O–H groups in total. The number of carbonyl (C=O) groups excluding carboxylic acids is 1. The normalized spacial score (nSPS) is 11.2. The lowest BCUT2D eigenvalue weighted by Crippen LogP contribution is -2.26. The van der Waals surface area contributed by atoms with Crippen molar-refractivity contribution in [3.63, 3.8) is 0 Å². The minimum atomic E-state index is -0.219. The fourth-order valence-electron chi connectivity index (χ4n) is 1.58. The van der Waals surface area contributed by atoms with Crippen molar-refractivity contribution in [2.45, 2.75) is 40.0 Å². The molecule has 0 amide bonds. The molecule has 94 valence electrons. The molecule has 0 aliphatic carbocycles. The van der Waals surface area contributed by atoms with Crippen LogP contribution in [0.4, 0.5) is 0 Å². The van der Waals surface area contributed by atoms with Crippen molar-refractivity contribution >= 4 is 5.97 Å². The quantitative estimate of drug-likeness (QED) is 0.448. The molecule has 0 atom stereocenters. The number of carbonyl (C=O) groups is 1. The number of nitrogens with zero attached hydrogens (tertiary/aromatic N) is 1. The second kappa shape index (κ2) is 10.7. The van der Waals surface area contributed by atoms with E-state index in [0.717, 1.165) is 13.0 Å². The lowest BCUT2D eigenvalue weighted by Gasteiger charge is -2.19. The van der Waals surface area contributed by atoms with Gasteiger partial charge in [0.1, 0.15) is 6.61 Å². The lowest BCUT2D eigenvalue weighted by atomic mass is 10.3. The molecule has 0 spiro atoms. The van der Waals surface area contributed by atoms with Crippen LogP contribution < -0.4 is 0 Å².